The second kappa shape index (κ2) is 3.86. The third-order valence-corrected chi connectivity index (χ3v) is 3.89. The van der Waals surface area contributed by atoms with Crippen LogP contribution in [0.15, 0.2) is 30.0 Å². The first-order chi connectivity index (χ1) is 8.29. The molecular weight excluding hydrogens is 232 g/mol. The summed E-state index contributed by atoms with van der Waals surface area (Å²) in [4.78, 5) is 4.39. The molecular formula is C13H10N2OS. The van der Waals surface area contributed by atoms with Crippen LogP contribution in [0.25, 0.3) is 15.8 Å². The van der Waals surface area contributed by atoms with Crippen LogP contribution in [-0.4, -0.2) is 10.1 Å². The van der Waals surface area contributed by atoms with Crippen LogP contribution in [0.2, 0.25) is 0 Å². The van der Waals surface area contributed by atoms with E-state index in [4.69, 9.17) is 5.26 Å². The van der Waals surface area contributed by atoms with Gasteiger partial charge in [0.25, 0.3) is 0 Å². The van der Waals surface area contributed by atoms with Crippen LogP contribution < -0.4 is 0 Å². The maximum atomic E-state index is 9.95. The third kappa shape index (κ3) is 1.79. The fourth-order valence-electron chi connectivity index (χ4n) is 1.75. The number of para-hydroxylation sites is 1. The SMILES string of the molecule is N#C/C(=C(/O)C1CC1)c1nc2ccccc2s1. The van der Waals surface area contributed by atoms with E-state index in [1.807, 2.05) is 24.3 Å². The van der Waals surface area contributed by atoms with Crippen molar-refractivity contribution in [3.63, 3.8) is 0 Å². The molecule has 4 heteroatoms. The number of thiazole rings is 1. The van der Waals surface area contributed by atoms with E-state index in [0.29, 0.717) is 10.6 Å². The lowest BCUT2D eigenvalue weighted by molar-refractivity contribution is 0.383. The number of nitriles is 1. The molecule has 0 bridgehead atoms. The van der Waals surface area contributed by atoms with E-state index >= 15 is 0 Å². The molecule has 17 heavy (non-hydrogen) atoms. The Morgan fingerprint density at radius 3 is 2.82 bits per heavy atom. The maximum Gasteiger partial charge on any atom is 0.138 e. The van der Waals surface area contributed by atoms with E-state index in [9.17, 15) is 5.11 Å². The van der Waals surface area contributed by atoms with Crippen molar-refractivity contribution in [2.75, 3.05) is 0 Å². The molecule has 1 saturated carbocycles. The lowest BCUT2D eigenvalue weighted by Crippen LogP contribution is -1.90. The minimum Gasteiger partial charge on any atom is -0.511 e. The average molecular weight is 242 g/mol. The highest BCUT2D eigenvalue weighted by atomic mass is 32.1. The van der Waals surface area contributed by atoms with Crippen molar-refractivity contribution < 1.29 is 5.11 Å². The predicted octanol–water partition coefficient (Wildman–Crippen LogP) is 3.50. The number of aromatic nitrogens is 1. The number of aliphatic hydroxyl groups excluding tert-OH is 1. The topological polar surface area (TPSA) is 56.9 Å². The van der Waals surface area contributed by atoms with Crippen molar-refractivity contribution in [3.05, 3.63) is 35.0 Å². The normalized spacial score (nSPS) is 16.6. The Bertz CT molecular complexity index is 614. The molecule has 0 radical (unpaired) electrons. The number of hydrogen-bond acceptors (Lipinski definition) is 4. The van der Waals surface area contributed by atoms with E-state index in [2.05, 4.69) is 11.1 Å². The van der Waals surface area contributed by atoms with Crippen LogP contribution in [0.4, 0.5) is 0 Å². The van der Waals surface area contributed by atoms with E-state index in [1.165, 1.54) is 11.3 Å². The number of hydrogen-bond donors (Lipinski definition) is 1. The molecule has 0 aliphatic heterocycles. The van der Waals surface area contributed by atoms with E-state index in [0.717, 1.165) is 23.1 Å². The second-order valence-corrected chi connectivity index (χ2v) is 5.16. The molecule has 2 aromatic rings. The highest BCUT2D eigenvalue weighted by molar-refractivity contribution is 7.19. The maximum absolute atomic E-state index is 9.95. The summed E-state index contributed by atoms with van der Waals surface area (Å²) in [6.45, 7) is 0. The molecule has 0 spiro atoms. The smallest absolute Gasteiger partial charge is 0.138 e. The van der Waals surface area contributed by atoms with Gasteiger partial charge in [-0.2, -0.15) is 5.26 Å². The number of benzene rings is 1. The minimum absolute atomic E-state index is 0.177. The van der Waals surface area contributed by atoms with Crippen LogP contribution in [0.3, 0.4) is 0 Å². The summed E-state index contributed by atoms with van der Waals surface area (Å²) in [5.74, 6) is 0.392. The molecule has 0 amide bonds. The summed E-state index contributed by atoms with van der Waals surface area (Å²) in [6, 6.07) is 9.83. The van der Waals surface area contributed by atoms with Crippen LogP contribution in [-0.2, 0) is 0 Å². The van der Waals surface area contributed by atoms with Gasteiger partial charge in [0.1, 0.15) is 22.4 Å². The van der Waals surface area contributed by atoms with Gasteiger partial charge in [-0.1, -0.05) is 12.1 Å². The van der Waals surface area contributed by atoms with Crippen molar-refractivity contribution in [3.8, 4) is 6.07 Å². The first kappa shape index (κ1) is 10.3. The largest absolute Gasteiger partial charge is 0.511 e. The van der Waals surface area contributed by atoms with Crippen molar-refractivity contribution in [1.82, 2.24) is 4.98 Å². The molecule has 1 aliphatic rings. The second-order valence-electron chi connectivity index (χ2n) is 4.13. The molecule has 84 valence electrons. The van der Waals surface area contributed by atoms with Crippen LogP contribution in [0.5, 0.6) is 0 Å². The Balaban J connectivity index is 2.13. The molecule has 1 fully saturated rings. The number of allylic oxidation sites excluding steroid dienone is 2. The zero-order valence-electron chi connectivity index (χ0n) is 9.05. The van der Waals surface area contributed by atoms with Gasteiger partial charge in [-0.3, -0.25) is 0 Å². The fourth-order valence-corrected chi connectivity index (χ4v) is 2.72. The molecule has 3 rings (SSSR count). The first-order valence-corrected chi connectivity index (χ1v) is 6.30. The fraction of sp³-hybridized carbons (Fsp3) is 0.231. The van der Waals surface area contributed by atoms with Crippen molar-refractivity contribution in [1.29, 1.82) is 5.26 Å². The van der Waals surface area contributed by atoms with Gasteiger partial charge in [0.2, 0.25) is 0 Å². The molecule has 0 saturated heterocycles. The van der Waals surface area contributed by atoms with Gasteiger partial charge in [-0.25, -0.2) is 4.98 Å². The summed E-state index contributed by atoms with van der Waals surface area (Å²) < 4.78 is 1.04. The van der Waals surface area contributed by atoms with Gasteiger partial charge in [0.05, 0.1) is 10.2 Å². The molecule has 0 atom stereocenters. The standard InChI is InChI=1S/C13H10N2OS/c14-7-9(12(16)8-5-6-8)13-15-10-3-1-2-4-11(10)17-13/h1-4,8,16H,5-6H2/b12-9-. The summed E-state index contributed by atoms with van der Waals surface area (Å²) in [6.07, 6.45) is 1.95. The van der Waals surface area contributed by atoms with Gasteiger partial charge >= 0.3 is 0 Å². The Kier molecular flexibility index (Phi) is 2.34. The summed E-state index contributed by atoms with van der Waals surface area (Å²) >= 11 is 1.45. The molecule has 1 N–H and O–H groups in total. The zero-order valence-corrected chi connectivity index (χ0v) is 9.87. The highest BCUT2D eigenvalue weighted by Gasteiger charge is 2.29. The van der Waals surface area contributed by atoms with Crippen LogP contribution >= 0.6 is 11.3 Å². The molecule has 1 aromatic heterocycles. The zero-order chi connectivity index (χ0) is 11.8. The lowest BCUT2D eigenvalue weighted by Gasteiger charge is -1.98. The first-order valence-electron chi connectivity index (χ1n) is 5.49. The molecule has 1 aromatic carbocycles. The van der Waals surface area contributed by atoms with Gasteiger partial charge in [0, 0.05) is 5.92 Å². The van der Waals surface area contributed by atoms with Gasteiger partial charge in [0.15, 0.2) is 0 Å². The van der Waals surface area contributed by atoms with Crippen molar-refractivity contribution in [2.24, 2.45) is 5.92 Å². The van der Waals surface area contributed by atoms with Gasteiger partial charge in [-0.05, 0) is 25.0 Å². The molecule has 1 heterocycles. The van der Waals surface area contributed by atoms with Crippen LogP contribution in [0, 0.1) is 17.2 Å². The minimum atomic E-state index is 0.177. The number of nitrogens with zero attached hydrogens (tertiary/aromatic N) is 2. The molecule has 0 unspecified atom stereocenters. The number of aliphatic hydroxyl groups is 1. The van der Waals surface area contributed by atoms with E-state index in [-0.39, 0.29) is 11.7 Å². The highest BCUT2D eigenvalue weighted by Crippen LogP contribution is 2.39. The molecule has 3 nitrogen and oxygen atoms in total. The van der Waals surface area contributed by atoms with Gasteiger partial charge in [-0.15, -0.1) is 11.3 Å². The Morgan fingerprint density at radius 2 is 2.18 bits per heavy atom. The molecule has 1 aliphatic carbocycles. The summed E-state index contributed by atoms with van der Waals surface area (Å²) in [5.41, 5.74) is 1.22. The Hall–Kier alpha value is -1.86. The Morgan fingerprint density at radius 1 is 1.41 bits per heavy atom. The van der Waals surface area contributed by atoms with Crippen LogP contribution in [0.1, 0.15) is 17.8 Å². The van der Waals surface area contributed by atoms with Gasteiger partial charge < -0.3 is 5.11 Å². The number of rotatable bonds is 2. The average Bonchev–Trinajstić information content (AvgIpc) is 3.10. The van der Waals surface area contributed by atoms with E-state index < -0.39 is 0 Å². The number of fused-ring (bicyclic) bond motifs is 1. The summed E-state index contributed by atoms with van der Waals surface area (Å²) in [7, 11) is 0. The lowest BCUT2D eigenvalue weighted by atomic mass is 10.2. The monoisotopic (exact) mass is 242 g/mol. The Labute approximate surface area is 103 Å². The van der Waals surface area contributed by atoms with Crippen molar-refractivity contribution >= 4 is 27.1 Å². The van der Waals surface area contributed by atoms with Crippen molar-refractivity contribution in [2.45, 2.75) is 12.8 Å². The quantitative estimate of drug-likeness (QED) is 0.647. The summed E-state index contributed by atoms with van der Waals surface area (Å²) in [5, 5.41) is 19.7. The predicted molar refractivity (Wildman–Crippen MR) is 67.5 cm³/mol. The van der Waals surface area contributed by atoms with E-state index in [1.54, 1.807) is 0 Å². The third-order valence-electron chi connectivity index (χ3n) is 2.84.